The van der Waals surface area contributed by atoms with E-state index in [4.69, 9.17) is 4.52 Å². The Labute approximate surface area is 140 Å². The molecule has 7 heteroatoms. The molecule has 0 saturated heterocycles. The van der Waals surface area contributed by atoms with Gasteiger partial charge in [0.1, 0.15) is 0 Å². The molecular weight excluding hydrogens is 310 g/mol. The Morgan fingerprint density at radius 2 is 1.92 bits per heavy atom. The van der Waals surface area contributed by atoms with Crippen LogP contribution in [0.5, 0.6) is 0 Å². The smallest absolute Gasteiger partial charge is 0.311 e. The molecular formula is C17H21N3O4. The highest BCUT2D eigenvalue weighted by molar-refractivity contribution is 6.00. The number of rotatable bonds is 7. The van der Waals surface area contributed by atoms with E-state index in [1.165, 1.54) is 0 Å². The van der Waals surface area contributed by atoms with Crippen molar-refractivity contribution in [2.24, 2.45) is 5.41 Å². The summed E-state index contributed by atoms with van der Waals surface area (Å²) in [6, 6.07) is 6.85. The molecule has 1 aromatic heterocycles. The van der Waals surface area contributed by atoms with Gasteiger partial charge < -0.3 is 14.9 Å². The highest BCUT2D eigenvalue weighted by atomic mass is 16.5. The van der Waals surface area contributed by atoms with Gasteiger partial charge in [0.25, 0.3) is 11.8 Å². The van der Waals surface area contributed by atoms with Crippen molar-refractivity contribution in [1.82, 2.24) is 15.5 Å². The lowest BCUT2D eigenvalue weighted by Crippen LogP contribution is -2.42. The quantitative estimate of drug-likeness (QED) is 0.808. The second-order valence-electron chi connectivity index (χ2n) is 5.67. The standard InChI is InChI=1S/C17H21N3O4/c1-4-17(5-2,16(22)23)10-18-14(21)12-8-6-7-9-13(12)15-19-11(3)20-24-15/h6-9H,4-5,10H2,1-3H3,(H,18,21)(H,22,23). The van der Waals surface area contributed by atoms with Crippen molar-refractivity contribution in [2.75, 3.05) is 6.54 Å². The summed E-state index contributed by atoms with van der Waals surface area (Å²) in [5.74, 6) is -0.543. The molecule has 24 heavy (non-hydrogen) atoms. The number of hydrogen-bond acceptors (Lipinski definition) is 5. The molecule has 128 valence electrons. The van der Waals surface area contributed by atoms with Crippen LogP contribution in [0.4, 0.5) is 0 Å². The Bertz CT molecular complexity index is 735. The molecule has 0 aliphatic carbocycles. The van der Waals surface area contributed by atoms with Gasteiger partial charge in [-0.15, -0.1) is 0 Å². The first-order valence-electron chi connectivity index (χ1n) is 7.85. The Kier molecular flexibility index (Phi) is 5.33. The van der Waals surface area contributed by atoms with Crippen molar-refractivity contribution in [3.05, 3.63) is 35.7 Å². The number of benzene rings is 1. The van der Waals surface area contributed by atoms with Crippen LogP contribution in [0.15, 0.2) is 28.8 Å². The molecule has 0 aliphatic rings. The van der Waals surface area contributed by atoms with E-state index < -0.39 is 11.4 Å². The van der Waals surface area contributed by atoms with E-state index in [9.17, 15) is 14.7 Å². The van der Waals surface area contributed by atoms with Crippen LogP contribution in [0, 0.1) is 12.3 Å². The number of carboxylic acid groups (broad SMARTS) is 1. The molecule has 2 N–H and O–H groups in total. The fraction of sp³-hybridized carbons (Fsp3) is 0.412. The number of hydrogen-bond donors (Lipinski definition) is 2. The van der Waals surface area contributed by atoms with Crippen LogP contribution in [0.2, 0.25) is 0 Å². The van der Waals surface area contributed by atoms with Gasteiger partial charge in [-0.25, -0.2) is 0 Å². The van der Waals surface area contributed by atoms with Crippen molar-refractivity contribution in [1.29, 1.82) is 0 Å². The van der Waals surface area contributed by atoms with E-state index >= 15 is 0 Å². The zero-order valence-corrected chi connectivity index (χ0v) is 14.0. The van der Waals surface area contributed by atoms with Gasteiger partial charge in [0, 0.05) is 6.54 Å². The normalized spacial score (nSPS) is 11.3. The van der Waals surface area contributed by atoms with Gasteiger partial charge in [0.15, 0.2) is 5.82 Å². The Morgan fingerprint density at radius 3 is 2.46 bits per heavy atom. The number of amides is 1. The van der Waals surface area contributed by atoms with Crippen molar-refractivity contribution in [3.63, 3.8) is 0 Å². The molecule has 1 aromatic carbocycles. The molecule has 0 bridgehead atoms. The molecule has 0 unspecified atom stereocenters. The molecule has 2 rings (SSSR count). The number of carboxylic acids is 1. The van der Waals surface area contributed by atoms with Crippen LogP contribution in [-0.2, 0) is 4.79 Å². The van der Waals surface area contributed by atoms with Crippen molar-refractivity contribution < 1.29 is 19.2 Å². The minimum atomic E-state index is -0.967. The molecule has 0 spiro atoms. The number of carbonyl (C=O) groups is 2. The second kappa shape index (κ2) is 7.25. The molecule has 0 aliphatic heterocycles. The summed E-state index contributed by atoms with van der Waals surface area (Å²) in [4.78, 5) is 28.2. The third-order valence-electron chi connectivity index (χ3n) is 4.32. The highest BCUT2D eigenvalue weighted by Gasteiger charge is 2.35. The number of nitrogens with zero attached hydrogens (tertiary/aromatic N) is 2. The van der Waals surface area contributed by atoms with E-state index in [1.54, 1.807) is 45.0 Å². The predicted molar refractivity (Wildman–Crippen MR) is 87.5 cm³/mol. The van der Waals surface area contributed by atoms with E-state index in [2.05, 4.69) is 15.5 Å². The van der Waals surface area contributed by atoms with Crippen LogP contribution < -0.4 is 5.32 Å². The highest BCUT2D eigenvalue weighted by Crippen LogP contribution is 2.26. The Hall–Kier alpha value is -2.70. The molecule has 1 heterocycles. The van der Waals surface area contributed by atoms with Crippen LogP contribution in [-0.4, -0.2) is 33.7 Å². The van der Waals surface area contributed by atoms with Crippen LogP contribution in [0.1, 0.15) is 42.9 Å². The average molecular weight is 331 g/mol. The number of nitrogens with one attached hydrogen (secondary N) is 1. The van der Waals surface area contributed by atoms with Crippen molar-refractivity contribution >= 4 is 11.9 Å². The monoisotopic (exact) mass is 331 g/mol. The zero-order valence-electron chi connectivity index (χ0n) is 14.0. The zero-order chi connectivity index (χ0) is 17.7. The van der Waals surface area contributed by atoms with Gasteiger partial charge in [-0.05, 0) is 31.9 Å². The summed E-state index contributed by atoms with van der Waals surface area (Å²) in [5.41, 5.74) is -0.0803. The first kappa shape index (κ1) is 17.7. The van der Waals surface area contributed by atoms with Crippen molar-refractivity contribution in [2.45, 2.75) is 33.6 Å². The SMILES string of the molecule is CCC(CC)(CNC(=O)c1ccccc1-c1nc(C)no1)C(=O)O. The molecule has 0 atom stereocenters. The first-order valence-corrected chi connectivity index (χ1v) is 7.85. The van der Waals surface area contributed by atoms with Gasteiger partial charge >= 0.3 is 5.97 Å². The minimum absolute atomic E-state index is 0.0609. The number of aromatic nitrogens is 2. The predicted octanol–water partition coefficient (Wildman–Crippen LogP) is 2.67. The van der Waals surface area contributed by atoms with E-state index in [0.717, 1.165) is 0 Å². The van der Waals surface area contributed by atoms with Gasteiger partial charge in [-0.3, -0.25) is 9.59 Å². The molecule has 0 fully saturated rings. The molecule has 0 radical (unpaired) electrons. The maximum absolute atomic E-state index is 12.6. The molecule has 7 nitrogen and oxygen atoms in total. The summed E-state index contributed by atoms with van der Waals surface area (Å²) >= 11 is 0. The van der Waals surface area contributed by atoms with Crippen LogP contribution in [0.25, 0.3) is 11.5 Å². The van der Waals surface area contributed by atoms with E-state index in [-0.39, 0.29) is 18.3 Å². The number of aryl methyl sites for hydroxylation is 1. The van der Waals surface area contributed by atoms with Gasteiger partial charge in [0.2, 0.25) is 0 Å². The lowest BCUT2D eigenvalue weighted by Gasteiger charge is -2.26. The lowest BCUT2D eigenvalue weighted by molar-refractivity contribution is -0.149. The third-order valence-corrected chi connectivity index (χ3v) is 4.32. The maximum Gasteiger partial charge on any atom is 0.311 e. The molecule has 2 aromatic rings. The summed E-state index contributed by atoms with van der Waals surface area (Å²) < 4.78 is 5.13. The second-order valence-corrected chi connectivity index (χ2v) is 5.67. The molecule has 0 saturated carbocycles. The summed E-state index contributed by atoms with van der Waals surface area (Å²) in [6.07, 6.45) is 0.868. The van der Waals surface area contributed by atoms with Gasteiger partial charge in [-0.2, -0.15) is 4.98 Å². The largest absolute Gasteiger partial charge is 0.481 e. The number of carbonyl (C=O) groups excluding carboxylic acids is 1. The summed E-state index contributed by atoms with van der Waals surface area (Å²) in [7, 11) is 0. The Morgan fingerprint density at radius 1 is 1.25 bits per heavy atom. The fourth-order valence-corrected chi connectivity index (χ4v) is 2.50. The lowest BCUT2D eigenvalue weighted by atomic mass is 9.82. The van der Waals surface area contributed by atoms with Gasteiger partial charge in [0.05, 0.1) is 16.5 Å². The van der Waals surface area contributed by atoms with Crippen LogP contribution >= 0.6 is 0 Å². The van der Waals surface area contributed by atoms with Gasteiger partial charge in [-0.1, -0.05) is 31.1 Å². The maximum atomic E-state index is 12.6. The summed E-state index contributed by atoms with van der Waals surface area (Å²) in [5, 5.41) is 15.9. The third kappa shape index (κ3) is 3.45. The minimum Gasteiger partial charge on any atom is -0.481 e. The van der Waals surface area contributed by atoms with E-state index in [0.29, 0.717) is 29.8 Å². The fourth-order valence-electron chi connectivity index (χ4n) is 2.50. The average Bonchev–Trinajstić information content (AvgIpc) is 3.02. The van der Waals surface area contributed by atoms with Crippen molar-refractivity contribution in [3.8, 4) is 11.5 Å². The first-order chi connectivity index (χ1) is 11.4. The van der Waals surface area contributed by atoms with Crippen LogP contribution in [0.3, 0.4) is 0 Å². The van der Waals surface area contributed by atoms with E-state index in [1.807, 2.05) is 0 Å². The number of aliphatic carboxylic acids is 1. The summed E-state index contributed by atoms with van der Waals surface area (Å²) in [6.45, 7) is 5.36. The molecule has 1 amide bonds. The Balaban J connectivity index is 2.24. The topological polar surface area (TPSA) is 105 Å².